The summed E-state index contributed by atoms with van der Waals surface area (Å²) in [5, 5.41) is 0. The van der Waals surface area contributed by atoms with Crippen LogP contribution >= 0.6 is 15.9 Å². The van der Waals surface area contributed by atoms with Crippen molar-refractivity contribution in [3.8, 4) is 0 Å². The van der Waals surface area contributed by atoms with Crippen molar-refractivity contribution in [1.82, 2.24) is 0 Å². The van der Waals surface area contributed by atoms with Crippen LogP contribution in [0.3, 0.4) is 0 Å². The second kappa shape index (κ2) is 3.62. The summed E-state index contributed by atoms with van der Waals surface area (Å²) in [6, 6.07) is 8.18. The molecular weight excluding hydrogens is 228 g/mol. The number of carbonyl (C=O) groups is 1. The van der Waals surface area contributed by atoms with E-state index >= 15 is 0 Å². The van der Waals surface area contributed by atoms with Crippen molar-refractivity contribution < 1.29 is 4.79 Å². The molecule has 68 valence electrons. The summed E-state index contributed by atoms with van der Waals surface area (Å²) in [5.41, 5.74) is 1.29. The fraction of sp³-hybridized carbons (Fsp3) is 0.364. The maximum absolute atomic E-state index is 11.1. The molecule has 0 heterocycles. The zero-order valence-corrected chi connectivity index (χ0v) is 8.88. The molecule has 0 spiro atoms. The van der Waals surface area contributed by atoms with Gasteiger partial charge in [-0.05, 0) is 24.0 Å². The van der Waals surface area contributed by atoms with Crippen molar-refractivity contribution in [2.75, 3.05) is 0 Å². The van der Waals surface area contributed by atoms with Gasteiger partial charge in [-0.3, -0.25) is 4.79 Å². The Labute approximate surface area is 86.3 Å². The second-order valence-electron chi connectivity index (χ2n) is 3.50. The lowest BCUT2D eigenvalue weighted by molar-refractivity contribution is -0.117. The molecular formula is C11H11BrO. The first-order chi connectivity index (χ1) is 6.27. The van der Waals surface area contributed by atoms with Crippen LogP contribution < -0.4 is 0 Å². The highest BCUT2D eigenvalue weighted by molar-refractivity contribution is 9.10. The van der Waals surface area contributed by atoms with Gasteiger partial charge in [0.2, 0.25) is 0 Å². The van der Waals surface area contributed by atoms with Gasteiger partial charge < -0.3 is 0 Å². The van der Waals surface area contributed by atoms with Crippen LogP contribution in [0, 0.1) is 0 Å². The molecule has 1 atom stereocenters. The zero-order valence-electron chi connectivity index (χ0n) is 7.29. The Morgan fingerprint density at radius 2 is 2.08 bits per heavy atom. The number of Topliss-reactive ketones (excluding diaryl/α,β-unsaturated/α-hetero) is 1. The Kier molecular flexibility index (Phi) is 2.49. The molecule has 1 fully saturated rings. The minimum absolute atomic E-state index is 0.403. The first-order valence-electron chi connectivity index (χ1n) is 4.53. The fourth-order valence-corrected chi connectivity index (χ4v) is 2.49. The van der Waals surface area contributed by atoms with E-state index < -0.39 is 0 Å². The van der Waals surface area contributed by atoms with E-state index in [4.69, 9.17) is 0 Å². The second-order valence-corrected chi connectivity index (χ2v) is 4.35. The van der Waals surface area contributed by atoms with Gasteiger partial charge in [-0.1, -0.05) is 34.1 Å². The predicted octanol–water partition coefficient (Wildman–Crippen LogP) is 3.29. The van der Waals surface area contributed by atoms with Gasteiger partial charge in [-0.25, -0.2) is 0 Å². The lowest BCUT2D eigenvalue weighted by atomic mass is 9.98. The quantitative estimate of drug-likeness (QED) is 0.734. The van der Waals surface area contributed by atoms with Crippen molar-refractivity contribution >= 4 is 21.7 Å². The Morgan fingerprint density at radius 3 is 2.69 bits per heavy atom. The Bertz CT molecular complexity index is 333. The van der Waals surface area contributed by atoms with Crippen LogP contribution in [0.5, 0.6) is 0 Å². The number of rotatable bonds is 1. The van der Waals surface area contributed by atoms with Gasteiger partial charge in [0, 0.05) is 17.3 Å². The summed E-state index contributed by atoms with van der Waals surface area (Å²) in [4.78, 5) is 11.1. The van der Waals surface area contributed by atoms with E-state index in [1.54, 1.807) is 0 Å². The van der Waals surface area contributed by atoms with Gasteiger partial charge in [0.1, 0.15) is 5.78 Å². The van der Waals surface area contributed by atoms with Crippen molar-refractivity contribution in [3.63, 3.8) is 0 Å². The molecule has 13 heavy (non-hydrogen) atoms. The third-order valence-corrected chi connectivity index (χ3v) is 3.31. The van der Waals surface area contributed by atoms with Crippen LogP contribution in [0.2, 0.25) is 0 Å². The molecule has 0 saturated heterocycles. The summed E-state index contributed by atoms with van der Waals surface area (Å²) in [6.45, 7) is 0. The molecule has 0 N–H and O–H groups in total. The summed E-state index contributed by atoms with van der Waals surface area (Å²) >= 11 is 3.51. The van der Waals surface area contributed by atoms with Gasteiger partial charge in [0.15, 0.2) is 0 Å². The van der Waals surface area contributed by atoms with E-state index in [0.29, 0.717) is 11.7 Å². The molecule has 1 saturated carbocycles. The summed E-state index contributed by atoms with van der Waals surface area (Å²) in [5.74, 6) is 0.851. The van der Waals surface area contributed by atoms with Gasteiger partial charge >= 0.3 is 0 Å². The molecule has 0 radical (unpaired) electrons. The Hall–Kier alpha value is -0.630. The van der Waals surface area contributed by atoms with Gasteiger partial charge in [0.05, 0.1) is 0 Å². The minimum Gasteiger partial charge on any atom is -0.300 e. The predicted molar refractivity (Wildman–Crippen MR) is 55.7 cm³/mol. The van der Waals surface area contributed by atoms with Gasteiger partial charge in [0.25, 0.3) is 0 Å². The monoisotopic (exact) mass is 238 g/mol. The molecule has 0 unspecified atom stereocenters. The van der Waals surface area contributed by atoms with Gasteiger partial charge in [-0.15, -0.1) is 0 Å². The van der Waals surface area contributed by atoms with Gasteiger partial charge in [-0.2, -0.15) is 0 Å². The number of hydrogen-bond acceptors (Lipinski definition) is 1. The largest absolute Gasteiger partial charge is 0.300 e. The molecule has 0 amide bonds. The zero-order chi connectivity index (χ0) is 9.26. The number of halogens is 1. The normalized spacial score (nSPS) is 22.2. The van der Waals surface area contributed by atoms with E-state index in [2.05, 4.69) is 22.0 Å². The molecule has 0 aliphatic heterocycles. The first kappa shape index (κ1) is 8.95. The van der Waals surface area contributed by atoms with Crippen molar-refractivity contribution in [3.05, 3.63) is 34.3 Å². The van der Waals surface area contributed by atoms with E-state index in [9.17, 15) is 4.79 Å². The number of hydrogen-bond donors (Lipinski definition) is 0. The average Bonchev–Trinajstić information content (AvgIpc) is 2.53. The average molecular weight is 239 g/mol. The topological polar surface area (TPSA) is 17.1 Å². The van der Waals surface area contributed by atoms with Crippen molar-refractivity contribution in [1.29, 1.82) is 0 Å². The molecule has 1 aliphatic carbocycles. The molecule has 1 aliphatic rings. The number of benzene rings is 1. The van der Waals surface area contributed by atoms with Crippen LogP contribution in [0.4, 0.5) is 0 Å². The third-order valence-electron chi connectivity index (χ3n) is 2.59. The molecule has 0 bridgehead atoms. The molecule has 0 aromatic heterocycles. The first-order valence-corrected chi connectivity index (χ1v) is 5.33. The summed E-state index contributed by atoms with van der Waals surface area (Å²) in [7, 11) is 0. The highest BCUT2D eigenvalue weighted by Crippen LogP contribution is 2.35. The van der Waals surface area contributed by atoms with Crippen LogP contribution in [0.1, 0.15) is 30.7 Å². The van der Waals surface area contributed by atoms with E-state index in [-0.39, 0.29) is 0 Å². The molecule has 2 rings (SSSR count). The smallest absolute Gasteiger partial charge is 0.133 e. The van der Waals surface area contributed by atoms with Crippen molar-refractivity contribution in [2.45, 2.75) is 25.2 Å². The minimum atomic E-state index is 0.403. The SMILES string of the molecule is O=C1CC[C@@H](c2ccccc2Br)C1. The maximum atomic E-state index is 11.1. The number of ketones is 1. The van der Waals surface area contributed by atoms with Crippen LogP contribution in [0.25, 0.3) is 0 Å². The van der Waals surface area contributed by atoms with Crippen LogP contribution in [-0.4, -0.2) is 5.78 Å². The van der Waals surface area contributed by atoms with E-state index in [1.807, 2.05) is 18.2 Å². The maximum Gasteiger partial charge on any atom is 0.133 e. The van der Waals surface area contributed by atoms with Crippen LogP contribution in [-0.2, 0) is 4.79 Å². The lowest BCUT2D eigenvalue weighted by Crippen LogP contribution is -1.94. The molecule has 1 aromatic rings. The summed E-state index contributed by atoms with van der Waals surface area (Å²) < 4.78 is 1.13. The molecule has 1 nitrogen and oxygen atoms in total. The van der Waals surface area contributed by atoms with Crippen LogP contribution in [0.15, 0.2) is 28.7 Å². The molecule has 2 heteroatoms. The lowest BCUT2D eigenvalue weighted by Gasteiger charge is -2.09. The Balaban J connectivity index is 2.26. The summed E-state index contributed by atoms with van der Waals surface area (Å²) in [6.07, 6.45) is 2.50. The highest BCUT2D eigenvalue weighted by Gasteiger charge is 2.24. The van der Waals surface area contributed by atoms with Crippen molar-refractivity contribution in [2.24, 2.45) is 0 Å². The van der Waals surface area contributed by atoms with E-state index in [1.165, 1.54) is 5.56 Å². The molecule has 1 aromatic carbocycles. The Morgan fingerprint density at radius 1 is 1.31 bits per heavy atom. The highest BCUT2D eigenvalue weighted by atomic mass is 79.9. The third kappa shape index (κ3) is 1.83. The fourth-order valence-electron chi connectivity index (χ4n) is 1.89. The standard InChI is InChI=1S/C11H11BrO/c12-11-4-2-1-3-10(11)8-5-6-9(13)7-8/h1-4,8H,5-7H2/t8-/m1/s1. The van der Waals surface area contributed by atoms with E-state index in [0.717, 1.165) is 23.7 Å². The number of carbonyl (C=O) groups excluding carboxylic acids is 1.